The maximum Gasteiger partial charge on any atom is 0.387 e. The van der Waals surface area contributed by atoms with Crippen LogP contribution in [0.15, 0.2) is 42.5 Å². The van der Waals surface area contributed by atoms with Gasteiger partial charge in [0.1, 0.15) is 11.5 Å². The summed E-state index contributed by atoms with van der Waals surface area (Å²) >= 11 is 0. The normalized spacial score (nSPS) is 12.2. The minimum Gasteiger partial charge on any atom is -0.508 e. The molecule has 21 heavy (non-hydrogen) atoms. The van der Waals surface area contributed by atoms with Crippen LogP contribution in [-0.4, -0.2) is 11.7 Å². The molecule has 0 aliphatic heterocycles. The Hall–Kier alpha value is -2.30. The molecule has 0 aliphatic carbocycles. The first kappa shape index (κ1) is 15.1. The molecule has 0 bridgehead atoms. The molecule has 0 aromatic heterocycles. The van der Waals surface area contributed by atoms with Crippen LogP contribution in [0.5, 0.6) is 11.5 Å². The number of aryl methyl sites for hydroxylation is 1. The van der Waals surface area contributed by atoms with E-state index in [2.05, 4.69) is 10.1 Å². The van der Waals surface area contributed by atoms with Crippen LogP contribution in [0, 0.1) is 6.92 Å². The average Bonchev–Trinajstić information content (AvgIpc) is 2.42. The van der Waals surface area contributed by atoms with Crippen molar-refractivity contribution in [2.45, 2.75) is 26.5 Å². The lowest BCUT2D eigenvalue weighted by molar-refractivity contribution is -0.0498. The molecule has 0 heterocycles. The number of benzene rings is 2. The van der Waals surface area contributed by atoms with Crippen molar-refractivity contribution in [2.75, 3.05) is 5.32 Å². The van der Waals surface area contributed by atoms with Gasteiger partial charge in [-0.1, -0.05) is 12.1 Å². The summed E-state index contributed by atoms with van der Waals surface area (Å²) in [4.78, 5) is 0. The number of rotatable bonds is 5. The molecule has 0 amide bonds. The summed E-state index contributed by atoms with van der Waals surface area (Å²) in [6, 6.07) is 11.7. The van der Waals surface area contributed by atoms with E-state index in [1.165, 1.54) is 6.07 Å². The summed E-state index contributed by atoms with van der Waals surface area (Å²) in [5, 5.41) is 12.8. The van der Waals surface area contributed by atoms with Gasteiger partial charge in [0.2, 0.25) is 0 Å². The van der Waals surface area contributed by atoms with Crippen molar-refractivity contribution >= 4 is 5.69 Å². The molecule has 1 unspecified atom stereocenters. The fourth-order valence-corrected chi connectivity index (χ4v) is 2.04. The number of hydrogen-bond donors (Lipinski definition) is 2. The molecule has 0 spiro atoms. The predicted octanol–water partition coefficient (Wildman–Crippen LogP) is 4.48. The fraction of sp³-hybridized carbons (Fsp3) is 0.250. The minimum absolute atomic E-state index is 0.0878. The SMILES string of the molecule is Cc1cc(NC(C)c2cccc(OC(F)F)c2)ccc1O. The Bertz CT molecular complexity index is 617. The van der Waals surface area contributed by atoms with E-state index >= 15 is 0 Å². The molecule has 0 saturated carbocycles. The van der Waals surface area contributed by atoms with Gasteiger partial charge in [-0.05, 0) is 55.3 Å². The van der Waals surface area contributed by atoms with E-state index in [-0.39, 0.29) is 17.5 Å². The Balaban J connectivity index is 2.12. The molecule has 0 radical (unpaired) electrons. The van der Waals surface area contributed by atoms with Gasteiger partial charge in [-0.15, -0.1) is 0 Å². The molecule has 0 fully saturated rings. The van der Waals surface area contributed by atoms with Gasteiger partial charge in [0, 0.05) is 11.7 Å². The van der Waals surface area contributed by atoms with Gasteiger partial charge in [0.15, 0.2) is 0 Å². The number of ether oxygens (including phenoxy) is 1. The number of phenolic OH excluding ortho intramolecular Hbond substituents is 1. The molecule has 2 N–H and O–H groups in total. The second kappa shape index (κ2) is 6.43. The first-order chi connectivity index (χ1) is 9.95. The largest absolute Gasteiger partial charge is 0.508 e. The lowest BCUT2D eigenvalue weighted by Crippen LogP contribution is -2.08. The molecule has 2 aromatic carbocycles. The van der Waals surface area contributed by atoms with Crippen molar-refractivity contribution in [3.8, 4) is 11.5 Å². The second-order valence-electron chi connectivity index (χ2n) is 4.82. The molecule has 2 aromatic rings. The van der Waals surface area contributed by atoms with Crippen LogP contribution >= 0.6 is 0 Å². The molecule has 0 saturated heterocycles. The second-order valence-corrected chi connectivity index (χ2v) is 4.82. The maximum atomic E-state index is 12.2. The van der Waals surface area contributed by atoms with E-state index in [1.807, 2.05) is 26.0 Å². The van der Waals surface area contributed by atoms with Gasteiger partial charge in [-0.25, -0.2) is 0 Å². The molecular weight excluding hydrogens is 276 g/mol. The highest BCUT2D eigenvalue weighted by Gasteiger charge is 2.09. The number of hydrogen-bond acceptors (Lipinski definition) is 3. The third-order valence-electron chi connectivity index (χ3n) is 3.16. The standard InChI is InChI=1S/C16H17F2NO2/c1-10-8-13(6-7-15(10)20)19-11(2)12-4-3-5-14(9-12)21-16(17)18/h3-9,11,16,19-20H,1-2H3. The molecule has 0 aliphatic rings. The van der Waals surface area contributed by atoms with Gasteiger partial charge in [0.05, 0.1) is 0 Å². The smallest absolute Gasteiger partial charge is 0.387 e. The summed E-state index contributed by atoms with van der Waals surface area (Å²) in [5.74, 6) is 0.374. The Morgan fingerprint density at radius 3 is 2.57 bits per heavy atom. The molecular formula is C16H17F2NO2. The molecule has 3 nitrogen and oxygen atoms in total. The number of halogens is 2. The minimum atomic E-state index is -2.83. The van der Waals surface area contributed by atoms with Crippen molar-refractivity contribution in [1.29, 1.82) is 0 Å². The summed E-state index contributed by atoms with van der Waals surface area (Å²) in [6.07, 6.45) is 0. The van der Waals surface area contributed by atoms with Crippen LogP contribution in [0.3, 0.4) is 0 Å². The van der Waals surface area contributed by atoms with E-state index in [4.69, 9.17) is 0 Å². The van der Waals surface area contributed by atoms with E-state index in [0.29, 0.717) is 0 Å². The Labute approximate surface area is 122 Å². The van der Waals surface area contributed by atoms with Crippen LogP contribution in [0.2, 0.25) is 0 Å². The topological polar surface area (TPSA) is 41.5 Å². The van der Waals surface area contributed by atoms with Crippen molar-refractivity contribution in [3.63, 3.8) is 0 Å². The third-order valence-corrected chi connectivity index (χ3v) is 3.16. The molecule has 5 heteroatoms. The third kappa shape index (κ3) is 4.08. The lowest BCUT2D eigenvalue weighted by Gasteiger charge is -2.17. The van der Waals surface area contributed by atoms with E-state index in [0.717, 1.165) is 16.8 Å². The quantitative estimate of drug-likeness (QED) is 0.799. The van der Waals surface area contributed by atoms with Gasteiger partial charge in [0.25, 0.3) is 0 Å². The van der Waals surface area contributed by atoms with Crippen LogP contribution in [-0.2, 0) is 0 Å². The van der Waals surface area contributed by atoms with E-state index < -0.39 is 6.61 Å². The van der Waals surface area contributed by atoms with Crippen molar-refractivity contribution in [3.05, 3.63) is 53.6 Å². The highest BCUT2D eigenvalue weighted by atomic mass is 19.3. The zero-order valence-electron chi connectivity index (χ0n) is 11.8. The zero-order valence-corrected chi connectivity index (χ0v) is 11.8. The van der Waals surface area contributed by atoms with Crippen molar-refractivity contribution < 1.29 is 18.6 Å². The lowest BCUT2D eigenvalue weighted by atomic mass is 10.1. The summed E-state index contributed by atoms with van der Waals surface area (Å²) < 4.78 is 28.8. The van der Waals surface area contributed by atoms with Gasteiger partial charge >= 0.3 is 6.61 Å². The van der Waals surface area contributed by atoms with E-state index in [1.54, 1.807) is 24.3 Å². The monoisotopic (exact) mass is 293 g/mol. The number of anilines is 1. The number of phenols is 1. The maximum absolute atomic E-state index is 12.2. The van der Waals surface area contributed by atoms with Gasteiger partial charge in [-0.2, -0.15) is 8.78 Å². The molecule has 1 atom stereocenters. The number of aromatic hydroxyl groups is 1. The fourth-order valence-electron chi connectivity index (χ4n) is 2.04. The number of alkyl halides is 2. The first-order valence-electron chi connectivity index (χ1n) is 6.56. The van der Waals surface area contributed by atoms with Gasteiger partial charge < -0.3 is 15.2 Å². The Morgan fingerprint density at radius 1 is 1.14 bits per heavy atom. The van der Waals surface area contributed by atoms with Crippen LogP contribution in [0.4, 0.5) is 14.5 Å². The zero-order chi connectivity index (χ0) is 15.4. The Kier molecular flexibility index (Phi) is 4.62. The summed E-state index contributed by atoms with van der Waals surface area (Å²) in [5.41, 5.74) is 2.44. The van der Waals surface area contributed by atoms with Crippen molar-refractivity contribution in [1.82, 2.24) is 0 Å². The highest BCUT2D eigenvalue weighted by Crippen LogP contribution is 2.26. The van der Waals surface area contributed by atoms with Crippen LogP contribution in [0.1, 0.15) is 24.1 Å². The van der Waals surface area contributed by atoms with Crippen molar-refractivity contribution in [2.24, 2.45) is 0 Å². The van der Waals surface area contributed by atoms with Gasteiger partial charge in [-0.3, -0.25) is 0 Å². The van der Waals surface area contributed by atoms with Crippen LogP contribution < -0.4 is 10.1 Å². The van der Waals surface area contributed by atoms with Crippen LogP contribution in [0.25, 0.3) is 0 Å². The first-order valence-corrected chi connectivity index (χ1v) is 6.56. The molecule has 112 valence electrons. The predicted molar refractivity (Wildman–Crippen MR) is 78.0 cm³/mol. The van der Waals surface area contributed by atoms with E-state index in [9.17, 15) is 13.9 Å². The Morgan fingerprint density at radius 2 is 1.90 bits per heavy atom. The highest BCUT2D eigenvalue weighted by molar-refractivity contribution is 5.51. The summed E-state index contributed by atoms with van der Waals surface area (Å²) in [7, 11) is 0. The average molecular weight is 293 g/mol. The summed E-state index contributed by atoms with van der Waals surface area (Å²) in [6.45, 7) is 0.898. The molecule has 2 rings (SSSR count). The number of nitrogens with one attached hydrogen (secondary N) is 1.